The van der Waals surface area contributed by atoms with Crippen LogP contribution < -0.4 is 15.4 Å². The molecule has 1 saturated heterocycles. The van der Waals surface area contributed by atoms with Crippen LogP contribution in [0, 0.1) is 0 Å². The minimum atomic E-state index is 0.259. The van der Waals surface area contributed by atoms with Gasteiger partial charge in [0.15, 0.2) is 0 Å². The lowest BCUT2D eigenvalue weighted by molar-refractivity contribution is 0.396. The van der Waals surface area contributed by atoms with Gasteiger partial charge in [-0.05, 0) is 25.2 Å². The Morgan fingerprint density at radius 2 is 2.17 bits per heavy atom. The van der Waals surface area contributed by atoms with E-state index in [-0.39, 0.29) is 4.75 Å². The second-order valence-corrected chi connectivity index (χ2v) is 5.89. The van der Waals surface area contributed by atoms with E-state index in [1.165, 1.54) is 0 Å². The number of anilines is 1. The molecule has 0 aliphatic carbocycles. The number of nitrogens with zero attached hydrogens (tertiary/aromatic N) is 2. The first-order chi connectivity index (χ1) is 8.73. The number of hydrogen-bond donors (Lipinski definition) is 1. The zero-order valence-corrected chi connectivity index (χ0v) is 11.9. The topological polar surface area (TPSA) is 51.4 Å². The molecular formula is C13H21N3OS. The summed E-state index contributed by atoms with van der Waals surface area (Å²) in [4.78, 5) is 6.79. The maximum Gasteiger partial charge on any atom is 0.214 e. The lowest BCUT2D eigenvalue weighted by atomic mass is 9.96. The molecule has 0 saturated carbocycles. The Bertz CT molecular complexity index is 386. The molecule has 1 fully saturated rings. The van der Waals surface area contributed by atoms with Crippen LogP contribution in [0.3, 0.4) is 0 Å². The van der Waals surface area contributed by atoms with E-state index >= 15 is 0 Å². The molecule has 0 unspecified atom stereocenters. The normalized spacial score (nSPS) is 18.7. The van der Waals surface area contributed by atoms with Crippen LogP contribution in [0.1, 0.15) is 12.8 Å². The van der Waals surface area contributed by atoms with Crippen molar-refractivity contribution in [1.29, 1.82) is 0 Å². The summed E-state index contributed by atoms with van der Waals surface area (Å²) in [5.41, 5.74) is 5.90. The van der Waals surface area contributed by atoms with Crippen molar-refractivity contribution in [2.45, 2.75) is 17.6 Å². The van der Waals surface area contributed by atoms with Crippen molar-refractivity contribution in [1.82, 2.24) is 4.98 Å². The maximum absolute atomic E-state index is 5.90. The summed E-state index contributed by atoms with van der Waals surface area (Å²) in [5.74, 6) is 1.68. The van der Waals surface area contributed by atoms with Crippen molar-refractivity contribution in [2.24, 2.45) is 5.73 Å². The molecule has 2 rings (SSSR count). The van der Waals surface area contributed by atoms with Gasteiger partial charge in [0.25, 0.3) is 0 Å². The van der Waals surface area contributed by atoms with Gasteiger partial charge in [-0.3, -0.25) is 0 Å². The van der Waals surface area contributed by atoms with Crippen LogP contribution >= 0.6 is 11.8 Å². The Morgan fingerprint density at radius 1 is 1.44 bits per heavy atom. The molecule has 0 amide bonds. The maximum atomic E-state index is 5.90. The molecule has 0 spiro atoms. The average molecular weight is 267 g/mol. The largest absolute Gasteiger partial charge is 0.481 e. The van der Waals surface area contributed by atoms with E-state index in [1.807, 2.05) is 30.0 Å². The second-order valence-electron chi connectivity index (χ2n) is 4.62. The summed E-state index contributed by atoms with van der Waals surface area (Å²) in [6.07, 6.45) is 4.39. The highest BCUT2D eigenvalue weighted by atomic mass is 32.2. The van der Waals surface area contributed by atoms with Gasteiger partial charge in [-0.2, -0.15) is 16.7 Å². The highest BCUT2D eigenvalue weighted by Crippen LogP contribution is 2.34. The van der Waals surface area contributed by atoms with Crippen molar-refractivity contribution in [2.75, 3.05) is 37.9 Å². The molecule has 18 heavy (non-hydrogen) atoms. The highest BCUT2D eigenvalue weighted by molar-refractivity contribution is 8.00. The van der Waals surface area contributed by atoms with E-state index in [1.54, 1.807) is 7.11 Å². The Morgan fingerprint density at radius 3 is 2.72 bits per heavy atom. The number of ether oxygens (including phenoxy) is 1. The van der Waals surface area contributed by atoms with Crippen LogP contribution in [-0.4, -0.2) is 42.7 Å². The average Bonchev–Trinajstić information content (AvgIpc) is 2.47. The molecule has 1 aliphatic rings. The first-order valence-electron chi connectivity index (χ1n) is 6.24. The zero-order chi connectivity index (χ0) is 13.0. The Kier molecular flexibility index (Phi) is 4.35. The quantitative estimate of drug-likeness (QED) is 0.900. The van der Waals surface area contributed by atoms with Gasteiger partial charge in [-0.15, -0.1) is 0 Å². The first kappa shape index (κ1) is 13.5. The van der Waals surface area contributed by atoms with Crippen molar-refractivity contribution in [3.05, 3.63) is 18.2 Å². The Balaban J connectivity index is 2.04. The molecule has 100 valence electrons. The van der Waals surface area contributed by atoms with E-state index < -0.39 is 0 Å². The fourth-order valence-corrected chi connectivity index (χ4v) is 3.09. The summed E-state index contributed by atoms with van der Waals surface area (Å²) in [6, 6.07) is 5.90. The van der Waals surface area contributed by atoms with Crippen molar-refractivity contribution >= 4 is 17.6 Å². The lowest BCUT2D eigenvalue weighted by Crippen LogP contribution is -2.46. The van der Waals surface area contributed by atoms with Crippen LogP contribution in [-0.2, 0) is 0 Å². The summed E-state index contributed by atoms with van der Waals surface area (Å²) in [5, 5.41) is 0. The molecule has 0 radical (unpaired) electrons. The molecule has 0 aromatic carbocycles. The van der Waals surface area contributed by atoms with Crippen molar-refractivity contribution < 1.29 is 4.74 Å². The van der Waals surface area contributed by atoms with Gasteiger partial charge in [0.05, 0.1) is 7.11 Å². The third-order valence-corrected chi connectivity index (χ3v) is 5.16. The third-order valence-electron chi connectivity index (χ3n) is 3.72. The molecule has 1 aliphatic heterocycles. The molecule has 1 aromatic rings. The van der Waals surface area contributed by atoms with E-state index in [0.717, 1.165) is 38.3 Å². The van der Waals surface area contributed by atoms with Crippen LogP contribution in [0.5, 0.6) is 5.88 Å². The van der Waals surface area contributed by atoms with E-state index in [0.29, 0.717) is 5.88 Å². The second kappa shape index (κ2) is 5.80. The van der Waals surface area contributed by atoms with Gasteiger partial charge < -0.3 is 15.4 Å². The summed E-state index contributed by atoms with van der Waals surface area (Å²) in [6.45, 7) is 2.78. The molecule has 5 heteroatoms. The number of methoxy groups -OCH3 is 1. The zero-order valence-electron chi connectivity index (χ0n) is 11.1. The Hall–Kier alpha value is -0.940. The van der Waals surface area contributed by atoms with E-state index in [4.69, 9.17) is 10.5 Å². The van der Waals surface area contributed by atoms with Crippen LogP contribution in [0.2, 0.25) is 0 Å². The van der Waals surface area contributed by atoms with Gasteiger partial charge in [-0.25, -0.2) is 0 Å². The predicted molar refractivity (Wildman–Crippen MR) is 77.5 cm³/mol. The van der Waals surface area contributed by atoms with Gasteiger partial charge >= 0.3 is 0 Å². The minimum Gasteiger partial charge on any atom is -0.481 e. The number of rotatable bonds is 4. The van der Waals surface area contributed by atoms with Crippen LogP contribution in [0.15, 0.2) is 18.2 Å². The molecular weight excluding hydrogens is 246 g/mol. The van der Waals surface area contributed by atoms with Crippen LogP contribution in [0.4, 0.5) is 5.82 Å². The van der Waals surface area contributed by atoms with E-state index in [2.05, 4.69) is 16.1 Å². The number of piperidine rings is 1. The Labute approximate surface area is 113 Å². The number of nitrogens with two attached hydrogens (primary N) is 1. The number of aromatic nitrogens is 1. The van der Waals surface area contributed by atoms with Crippen LogP contribution in [0.25, 0.3) is 0 Å². The minimum absolute atomic E-state index is 0.259. The summed E-state index contributed by atoms with van der Waals surface area (Å²) in [7, 11) is 1.65. The fourth-order valence-electron chi connectivity index (χ4n) is 2.33. The van der Waals surface area contributed by atoms with E-state index in [9.17, 15) is 0 Å². The highest BCUT2D eigenvalue weighted by Gasteiger charge is 2.32. The number of pyridine rings is 1. The monoisotopic (exact) mass is 267 g/mol. The lowest BCUT2D eigenvalue weighted by Gasteiger charge is -2.40. The van der Waals surface area contributed by atoms with Crippen molar-refractivity contribution in [3.63, 3.8) is 0 Å². The van der Waals surface area contributed by atoms with Crippen molar-refractivity contribution in [3.8, 4) is 5.88 Å². The van der Waals surface area contributed by atoms with Gasteiger partial charge in [0, 0.05) is 30.4 Å². The van der Waals surface area contributed by atoms with Gasteiger partial charge in [0.2, 0.25) is 5.88 Å². The summed E-state index contributed by atoms with van der Waals surface area (Å²) >= 11 is 1.90. The van der Waals surface area contributed by atoms with Gasteiger partial charge in [-0.1, -0.05) is 6.07 Å². The molecule has 2 heterocycles. The SMILES string of the molecule is COc1cccc(N2CCC(CN)(SC)CC2)n1. The molecule has 2 N–H and O–H groups in total. The first-order valence-corrected chi connectivity index (χ1v) is 7.47. The number of hydrogen-bond acceptors (Lipinski definition) is 5. The predicted octanol–water partition coefficient (Wildman–Crippen LogP) is 1.75. The fraction of sp³-hybridized carbons (Fsp3) is 0.615. The standard InChI is InChI=1S/C13H21N3OS/c1-17-12-5-3-4-11(15-12)16-8-6-13(10-14,18-2)7-9-16/h3-5H,6-10,14H2,1-2H3. The third kappa shape index (κ3) is 2.72. The van der Waals surface area contributed by atoms with Gasteiger partial charge in [0.1, 0.15) is 5.82 Å². The molecule has 1 aromatic heterocycles. The summed E-state index contributed by atoms with van der Waals surface area (Å²) < 4.78 is 5.43. The number of thioether (sulfide) groups is 1. The molecule has 0 bridgehead atoms. The molecule has 4 nitrogen and oxygen atoms in total. The smallest absolute Gasteiger partial charge is 0.214 e. The molecule has 0 atom stereocenters.